The normalized spacial score (nSPS) is 26.3. The molecule has 0 bridgehead atoms. The lowest BCUT2D eigenvalue weighted by Gasteiger charge is -2.37. The van der Waals surface area contributed by atoms with E-state index in [1.165, 1.54) is 90.3 Å². The van der Waals surface area contributed by atoms with Gasteiger partial charge in [0.1, 0.15) is 0 Å². The Hall–Kier alpha value is -3.90. The number of hydrogen-bond acceptors (Lipinski definition) is 0. The van der Waals surface area contributed by atoms with Crippen LogP contribution in [-0.2, 0) is 5.41 Å². The van der Waals surface area contributed by atoms with Crippen LogP contribution < -0.4 is 10.4 Å². The zero-order valence-corrected chi connectivity index (χ0v) is 30.2. The molecule has 0 heteroatoms. The van der Waals surface area contributed by atoms with Crippen molar-refractivity contribution in [1.82, 2.24) is 0 Å². The molecule has 0 amide bonds. The summed E-state index contributed by atoms with van der Waals surface area (Å²) in [6, 6.07) is 18.8. The summed E-state index contributed by atoms with van der Waals surface area (Å²) in [7, 11) is 0. The van der Waals surface area contributed by atoms with Crippen LogP contribution in [0.15, 0.2) is 106 Å². The third kappa shape index (κ3) is 4.48. The Morgan fingerprint density at radius 2 is 1.53 bits per heavy atom. The van der Waals surface area contributed by atoms with Gasteiger partial charge in [-0.25, -0.2) is 0 Å². The molecule has 0 aliphatic heterocycles. The quantitative estimate of drug-likeness (QED) is 0.262. The zero-order valence-electron chi connectivity index (χ0n) is 30.2. The fourth-order valence-corrected chi connectivity index (χ4v) is 11.1. The molecule has 246 valence electrons. The van der Waals surface area contributed by atoms with Crippen LogP contribution in [0.2, 0.25) is 0 Å². The molecule has 7 aliphatic rings. The van der Waals surface area contributed by atoms with E-state index in [-0.39, 0.29) is 5.41 Å². The van der Waals surface area contributed by atoms with Crippen molar-refractivity contribution in [2.45, 2.75) is 104 Å². The van der Waals surface area contributed by atoms with Crippen LogP contribution in [0.1, 0.15) is 121 Å². The molecule has 3 aromatic rings. The van der Waals surface area contributed by atoms with Crippen LogP contribution in [0.3, 0.4) is 0 Å². The maximum Gasteiger partial charge on any atom is 0.0155 e. The van der Waals surface area contributed by atoms with Gasteiger partial charge in [0.25, 0.3) is 0 Å². The van der Waals surface area contributed by atoms with Crippen LogP contribution in [0.5, 0.6) is 0 Å². The summed E-state index contributed by atoms with van der Waals surface area (Å²) in [6.07, 6.45) is 26.4. The first-order valence-corrected chi connectivity index (χ1v) is 19.3. The summed E-state index contributed by atoms with van der Waals surface area (Å²) in [4.78, 5) is 0. The average Bonchev–Trinajstić information content (AvgIpc) is 3.35. The third-order valence-electron chi connectivity index (χ3n) is 13.9. The van der Waals surface area contributed by atoms with E-state index in [9.17, 15) is 0 Å². The predicted octanol–water partition coefficient (Wildman–Crippen LogP) is 11.6. The summed E-state index contributed by atoms with van der Waals surface area (Å²) in [6.45, 7) is 12.1. The van der Waals surface area contributed by atoms with E-state index in [2.05, 4.69) is 120 Å². The van der Waals surface area contributed by atoms with Gasteiger partial charge in [-0.1, -0.05) is 120 Å². The first-order chi connectivity index (χ1) is 23.6. The van der Waals surface area contributed by atoms with Crippen LogP contribution in [0.25, 0.3) is 34.1 Å². The molecular weight excluding hydrogens is 589 g/mol. The van der Waals surface area contributed by atoms with E-state index in [1.807, 2.05) is 0 Å². The van der Waals surface area contributed by atoms with Gasteiger partial charge in [-0.05, 0) is 169 Å². The maximum absolute atomic E-state index is 2.63. The van der Waals surface area contributed by atoms with Gasteiger partial charge in [0.2, 0.25) is 0 Å². The lowest BCUT2D eigenvalue weighted by molar-refractivity contribution is 0.274. The van der Waals surface area contributed by atoms with Gasteiger partial charge in [-0.3, -0.25) is 0 Å². The minimum atomic E-state index is 0.0996. The van der Waals surface area contributed by atoms with Gasteiger partial charge in [0.05, 0.1) is 0 Å². The smallest absolute Gasteiger partial charge is 0.0155 e. The Morgan fingerprint density at radius 1 is 0.735 bits per heavy atom. The Morgan fingerprint density at radius 3 is 2.39 bits per heavy atom. The second-order valence-electron chi connectivity index (χ2n) is 17.9. The average molecular weight is 639 g/mol. The van der Waals surface area contributed by atoms with Gasteiger partial charge in [0, 0.05) is 5.41 Å². The first kappa shape index (κ1) is 30.0. The van der Waals surface area contributed by atoms with Crippen molar-refractivity contribution in [3.05, 3.63) is 139 Å². The summed E-state index contributed by atoms with van der Waals surface area (Å²) in [5, 5.41) is 6.00. The van der Waals surface area contributed by atoms with Gasteiger partial charge in [-0.2, -0.15) is 0 Å². The number of rotatable bonds is 2. The van der Waals surface area contributed by atoms with Gasteiger partial charge in [-0.15, -0.1) is 0 Å². The van der Waals surface area contributed by atoms with E-state index < -0.39 is 0 Å². The van der Waals surface area contributed by atoms with Crippen molar-refractivity contribution in [2.75, 3.05) is 0 Å². The van der Waals surface area contributed by atoms with Crippen molar-refractivity contribution in [3.63, 3.8) is 0 Å². The van der Waals surface area contributed by atoms with Crippen LogP contribution in [-0.4, -0.2) is 0 Å². The molecule has 0 aromatic heterocycles. The Bertz CT molecular complexity index is 2310. The zero-order chi connectivity index (χ0) is 33.2. The molecule has 0 N–H and O–H groups in total. The molecular formula is C49H50. The summed E-state index contributed by atoms with van der Waals surface area (Å²) >= 11 is 0. The highest BCUT2D eigenvalue weighted by Crippen LogP contribution is 2.53. The standard InChI is InChI=1S/C49H50/c1-48(2,3)37-26-35-13-10-29-14-19-40(43-23-18-36(27-37)46(35)47(29)43)34-17-21-39-33(25-34)12-11-32-24-30(15-20-38(32)39)31-16-22-42-41-8-6-7-9-44(41)49(4,5)45(42)28-31/h6-10,13-14,17,19,21,23-24,26,28,33,36-37H,11-12,15-16,18,20,22,25,27H2,1-5H3. The minimum absolute atomic E-state index is 0.0996. The number of fused-ring (bicyclic) bond motifs is 4. The molecule has 0 nitrogen and oxygen atoms in total. The van der Waals surface area contributed by atoms with Crippen molar-refractivity contribution >= 4 is 34.1 Å². The Balaban J connectivity index is 0.988. The predicted molar refractivity (Wildman–Crippen MR) is 208 cm³/mol. The summed E-state index contributed by atoms with van der Waals surface area (Å²) < 4.78 is 0. The topological polar surface area (TPSA) is 0 Å². The highest BCUT2D eigenvalue weighted by molar-refractivity contribution is 5.93. The molecule has 49 heavy (non-hydrogen) atoms. The van der Waals surface area contributed by atoms with Crippen LogP contribution >= 0.6 is 0 Å². The fraction of sp³-hybridized carbons (Fsp3) is 0.388. The first-order valence-electron chi connectivity index (χ1n) is 19.3. The molecule has 3 aromatic carbocycles. The Labute approximate surface area is 293 Å². The largest absolute Gasteiger partial charge is 0.0754 e. The van der Waals surface area contributed by atoms with Crippen molar-refractivity contribution < 1.29 is 0 Å². The molecule has 7 aliphatic carbocycles. The van der Waals surface area contributed by atoms with E-state index in [0.717, 1.165) is 0 Å². The SMILES string of the molecule is CC1(C)C2=C(CCC(C3=CC4=C(CC3)C3=CC=C(c5ccc6ccc7c8c6c5=CCC8CC(C(C)(C)C)C=7)CC3CC4)=C2)c2ccccc21. The lowest BCUT2D eigenvalue weighted by atomic mass is 9.67. The molecule has 3 atom stereocenters. The molecule has 0 heterocycles. The maximum atomic E-state index is 2.63. The van der Waals surface area contributed by atoms with Gasteiger partial charge < -0.3 is 0 Å². The van der Waals surface area contributed by atoms with Crippen LogP contribution in [0.4, 0.5) is 0 Å². The van der Waals surface area contributed by atoms with E-state index >= 15 is 0 Å². The number of hydrogen-bond donors (Lipinski definition) is 0. The second-order valence-corrected chi connectivity index (χ2v) is 17.9. The highest BCUT2D eigenvalue weighted by Gasteiger charge is 2.39. The minimum Gasteiger partial charge on any atom is -0.0754 e. The molecule has 0 fully saturated rings. The molecule has 10 rings (SSSR count). The van der Waals surface area contributed by atoms with Crippen molar-refractivity contribution in [1.29, 1.82) is 0 Å². The van der Waals surface area contributed by atoms with Crippen molar-refractivity contribution in [3.8, 4) is 0 Å². The number of benzene rings is 3. The number of allylic oxidation sites excluding steroid dienone is 12. The van der Waals surface area contributed by atoms with Gasteiger partial charge >= 0.3 is 0 Å². The summed E-state index contributed by atoms with van der Waals surface area (Å²) in [5.41, 5.74) is 19.4. The van der Waals surface area contributed by atoms with Gasteiger partial charge in [0.15, 0.2) is 0 Å². The van der Waals surface area contributed by atoms with Crippen molar-refractivity contribution in [2.24, 2.45) is 17.3 Å². The molecule has 0 saturated heterocycles. The fourth-order valence-electron chi connectivity index (χ4n) is 11.1. The molecule has 0 saturated carbocycles. The van der Waals surface area contributed by atoms with Crippen LogP contribution in [0, 0.1) is 17.3 Å². The second kappa shape index (κ2) is 10.6. The molecule has 3 unspecified atom stereocenters. The van der Waals surface area contributed by atoms with E-state index in [1.54, 1.807) is 55.5 Å². The van der Waals surface area contributed by atoms with E-state index in [0.29, 0.717) is 23.2 Å². The monoisotopic (exact) mass is 638 g/mol. The molecule has 0 spiro atoms. The lowest BCUT2D eigenvalue weighted by Crippen LogP contribution is -2.33. The highest BCUT2D eigenvalue weighted by atomic mass is 14.4. The Kier molecular flexibility index (Phi) is 6.46. The third-order valence-corrected chi connectivity index (χ3v) is 13.9. The summed E-state index contributed by atoms with van der Waals surface area (Å²) in [5.74, 6) is 1.95. The molecule has 0 radical (unpaired) electrons. The van der Waals surface area contributed by atoms with E-state index in [4.69, 9.17) is 0 Å².